The molecule has 0 fully saturated rings. The van der Waals surface area contributed by atoms with Crippen molar-refractivity contribution in [3.63, 3.8) is 0 Å². The van der Waals surface area contributed by atoms with Gasteiger partial charge in [-0.2, -0.15) is 0 Å². The lowest BCUT2D eigenvalue weighted by molar-refractivity contribution is 1.13. The number of benzene rings is 8. The average Bonchev–Trinajstić information content (AvgIpc) is 3.82. The van der Waals surface area contributed by atoms with E-state index >= 15 is 0 Å². The van der Waals surface area contributed by atoms with Gasteiger partial charge in [0.25, 0.3) is 0 Å². The van der Waals surface area contributed by atoms with Crippen molar-refractivity contribution in [2.75, 3.05) is 0 Å². The first-order valence-corrected chi connectivity index (χ1v) is 17.8. The highest BCUT2D eigenvalue weighted by Gasteiger charge is 2.19. The highest BCUT2D eigenvalue weighted by atomic mass is 15.0. The number of fused-ring (bicyclic) bond motifs is 5. The van der Waals surface area contributed by atoms with Gasteiger partial charge >= 0.3 is 0 Å². The molecule has 2 heteroatoms. The Balaban J connectivity index is 1.24. The highest BCUT2D eigenvalue weighted by Crippen LogP contribution is 2.40. The third kappa shape index (κ3) is 5.12. The Morgan fingerprint density at radius 1 is 0.269 bits per heavy atom. The van der Waals surface area contributed by atoms with E-state index in [0.29, 0.717) is 0 Å². The molecule has 0 radical (unpaired) electrons. The molecule has 10 rings (SSSR count). The van der Waals surface area contributed by atoms with Gasteiger partial charge in [-0.25, -0.2) is 0 Å². The second-order valence-corrected chi connectivity index (χ2v) is 13.4. The fourth-order valence-corrected chi connectivity index (χ4v) is 7.85. The molecule has 0 bridgehead atoms. The molecule has 52 heavy (non-hydrogen) atoms. The SMILES string of the molecule is c1ccc(-c2cc(-c3ccccc3)cc(-n3ccc4c3ccc3c5ccccc5n(-c5cc(-c6ccccc6)cc(-c6ccccc6)c5)c34)c2)cc1. The Bertz CT molecular complexity index is 2750. The first-order valence-electron chi connectivity index (χ1n) is 17.8. The maximum absolute atomic E-state index is 2.48. The number of hydrogen-bond acceptors (Lipinski definition) is 0. The molecule has 0 unspecified atom stereocenters. The van der Waals surface area contributed by atoms with Crippen molar-refractivity contribution < 1.29 is 0 Å². The Labute approximate surface area is 303 Å². The molecular formula is C50H34N2. The van der Waals surface area contributed by atoms with Crippen molar-refractivity contribution >= 4 is 32.7 Å². The van der Waals surface area contributed by atoms with E-state index in [2.05, 4.69) is 216 Å². The number of hydrogen-bond donors (Lipinski definition) is 0. The summed E-state index contributed by atoms with van der Waals surface area (Å²) >= 11 is 0. The summed E-state index contributed by atoms with van der Waals surface area (Å²) in [4.78, 5) is 0. The number of aromatic nitrogens is 2. The van der Waals surface area contributed by atoms with Crippen LogP contribution in [0.4, 0.5) is 0 Å². The predicted octanol–water partition coefficient (Wildman–Crippen LogP) is 13.4. The number of nitrogens with zero attached hydrogens (tertiary/aromatic N) is 2. The third-order valence-corrected chi connectivity index (χ3v) is 10.3. The standard InChI is InChI=1S/C50H34N2/c1-5-15-35(16-6-1)39-29-40(36-17-7-2-8-18-36)32-43(31-39)51-28-27-47-48(51)26-25-46-45-23-13-14-24-49(45)52(50(46)47)44-33-41(37-19-9-3-10-20-37)30-42(34-44)38-21-11-4-12-22-38/h1-34H. The zero-order valence-corrected chi connectivity index (χ0v) is 28.5. The second kappa shape index (κ2) is 12.5. The Hall–Kier alpha value is -6.90. The Kier molecular flexibility index (Phi) is 7.18. The fraction of sp³-hybridized carbons (Fsp3) is 0. The molecule has 0 amide bonds. The van der Waals surface area contributed by atoms with Gasteiger partial charge in [-0.1, -0.05) is 146 Å². The number of para-hydroxylation sites is 1. The lowest BCUT2D eigenvalue weighted by atomic mass is 9.98. The molecule has 0 aliphatic carbocycles. The largest absolute Gasteiger partial charge is 0.316 e. The van der Waals surface area contributed by atoms with E-state index in [4.69, 9.17) is 0 Å². The Morgan fingerprint density at radius 3 is 1.21 bits per heavy atom. The molecule has 0 N–H and O–H groups in total. The first kappa shape index (κ1) is 30.0. The van der Waals surface area contributed by atoms with Crippen LogP contribution in [0, 0.1) is 0 Å². The lowest BCUT2D eigenvalue weighted by Gasteiger charge is -2.15. The maximum Gasteiger partial charge on any atom is 0.0635 e. The van der Waals surface area contributed by atoms with Crippen molar-refractivity contribution in [2.24, 2.45) is 0 Å². The van der Waals surface area contributed by atoms with Crippen LogP contribution in [0.25, 0.3) is 88.6 Å². The molecule has 10 aromatic rings. The van der Waals surface area contributed by atoms with Gasteiger partial charge in [0.1, 0.15) is 0 Å². The van der Waals surface area contributed by atoms with Crippen molar-refractivity contribution in [1.82, 2.24) is 9.13 Å². The van der Waals surface area contributed by atoms with Crippen LogP contribution in [-0.4, -0.2) is 9.13 Å². The zero-order chi connectivity index (χ0) is 34.4. The summed E-state index contributed by atoms with van der Waals surface area (Å²) in [5, 5.41) is 3.71. The lowest BCUT2D eigenvalue weighted by Crippen LogP contribution is -1.97. The van der Waals surface area contributed by atoms with Crippen LogP contribution in [0.3, 0.4) is 0 Å². The van der Waals surface area contributed by atoms with Gasteiger partial charge in [-0.05, 0) is 99.1 Å². The minimum absolute atomic E-state index is 1.13. The molecule has 244 valence electrons. The van der Waals surface area contributed by atoms with Gasteiger partial charge in [-0.15, -0.1) is 0 Å². The summed E-state index contributed by atoms with van der Waals surface area (Å²) in [6.45, 7) is 0. The van der Waals surface area contributed by atoms with Crippen LogP contribution in [0.2, 0.25) is 0 Å². The van der Waals surface area contributed by atoms with Crippen molar-refractivity contribution in [1.29, 1.82) is 0 Å². The molecule has 0 spiro atoms. The summed E-state index contributed by atoms with van der Waals surface area (Å²) in [5.74, 6) is 0. The topological polar surface area (TPSA) is 9.86 Å². The quantitative estimate of drug-likeness (QED) is 0.168. The van der Waals surface area contributed by atoms with E-state index < -0.39 is 0 Å². The summed E-state index contributed by atoms with van der Waals surface area (Å²) in [6.07, 6.45) is 2.24. The van der Waals surface area contributed by atoms with E-state index in [9.17, 15) is 0 Å². The van der Waals surface area contributed by atoms with Crippen LogP contribution >= 0.6 is 0 Å². The predicted molar refractivity (Wildman–Crippen MR) is 219 cm³/mol. The van der Waals surface area contributed by atoms with E-state index in [1.54, 1.807) is 0 Å². The molecule has 0 atom stereocenters. The summed E-state index contributed by atoms with van der Waals surface area (Å²) in [6, 6.07) is 72.5. The van der Waals surface area contributed by atoms with Gasteiger partial charge in [0, 0.05) is 33.7 Å². The highest BCUT2D eigenvalue weighted by molar-refractivity contribution is 6.18. The molecule has 8 aromatic carbocycles. The first-order chi connectivity index (χ1) is 25.8. The van der Waals surface area contributed by atoms with Gasteiger partial charge in [0.2, 0.25) is 0 Å². The molecular weight excluding hydrogens is 629 g/mol. The molecule has 2 heterocycles. The van der Waals surface area contributed by atoms with Crippen molar-refractivity contribution in [3.8, 4) is 55.9 Å². The van der Waals surface area contributed by atoms with Gasteiger partial charge in [0.05, 0.1) is 16.6 Å². The smallest absolute Gasteiger partial charge is 0.0635 e. The van der Waals surface area contributed by atoms with E-state index in [1.165, 1.54) is 77.2 Å². The molecule has 0 aliphatic rings. The van der Waals surface area contributed by atoms with E-state index in [0.717, 1.165) is 11.4 Å². The summed E-state index contributed by atoms with van der Waals surface area (Å²) in [7, 11) is 0. The molecule has 2 nitrogen and oxygen atoms in total. The summed E-state index contributed by atoms with van der Waals surface area (Å²) < 4.78 is 4.83. The van der Waals surface area contributed by atoms with E-state index in [-0.39, 0.29) is 0 Å². The van der Waals surface area contributed by atoms with Crippen LogP contribution in [0.1, 0.15) is 0 Å². The van der Waals surface area contributed by atoms with Gasteiger partial charge in [-0.3, -0.25) is 0 Å². The van der Waals surface area contributed by atoms with Crippen LogP contribution in [-0.2, 0) is 0 Å². The second-order valence-electron chi connectivity index (χ2n) is 13.4. The third-order valence-electron chi connectivity index (χ3n) is 10.3. The molecule has 2 aromatic heterocycles. The van der Waals surface area contributed by atoms with Crippen LogP contribution in [0.15, 0.2) is 206 Å². The normalized spacial score (nSPS) is 11.5. The van der Waals surface area contributed by atoms with Crippen LogP contribution < -0.4 is 0 Å². The molecule has 0 saturated carbocycles. The van der Waals surface area contributed by atoms with Crippen molar-refractivity contribution in [3.05, 3.63) is 206 Å². The molecule has 0 saturated heterocycles. The maximum atomic E-state index is 2.48. The minimum Gasteiger partial charge on any atom is -0.316 e. The van der Waals surface area contributed by atoms with Crippen LogP contribution in [0.5, 0.6) is 0 Å². The number of rotatable bonds is 6. The molecule has 0 aliphatic heterocycles. The fourth-order valence-electron chi connectivity index (χ4n) is 7.85. The Morgan fingerprint density at radius 2 is 0.712 bits per heavy atom. The monoisotopic (exact) mass is 662 g/mol. The zero-order valence-electron chi connectivity index (χ0n) is 28.5. The summed E-state index contributed by atoms with van der Waals surface area (Å²) in [5.41, 5.74) is 15.4. The van der Waals surface area contributed by atoms with Gasteiger partial charge in [0.15, 0.2) is 0 Å². The van der Waals surface area contributed by atoms with Crippen molar-refractivity contribution in [2.45, 2.75) is 0 Å². The van der Waals surface area contributed by atoms with Gasteiger partial charge < -0.3 is 9.13 Å². The average molecular weight is 663 g/mol. The minimum atomic E-state index is 1.13. The van der Waals surface area contributed by atoms with E-state index in [1.807, 2.05) is 0 Å².